The Morgan fingerprint density at radius 1 is 1.44 bits per heavy atom. The minimum Gasteiger partial charge on any atom is -0.496 e. The number of carbonyl (C=O) groups is 1. The monoisotopic (exact) mass is 345 g/mol. The fourth-order valence-corrected chi connectivity index (χ4v) is 3.14. The SMILES string of the molecule is COc1ccc(CN2CCOC[C@H]2CC(=O)O)cc1Cn1cccn1. The number of hydrogen-bond donors (Lipinski definition) is 1. The minimum atomic E-state index is -0.797. The van der Waals surface area contributed by atoms with Crippen LogP contribution in [0.4, 0.5) is 0 Å². The molecule has 3 rings (SSSR count). The van der Waals surface area contributed by atoms with E-state index in [0.717, 1.165) is 23.4 Å². The Morgan fingerprint density at radius 3 is 3.04 bits per heavy atom. The second-order valence-corrected chi connectivity index (χ2v) is 6.15. The molecule has 2 heterocycles. The summed E-state index contributed by atoms with van der Waals surface area (Å²) < 4.78 is 12.8. The van der Waals surface area contributed by atoms with Gasteiger partial charge in [-0.2, -0.15) is 5.10 Å². The largest absolute Gasteiger partial charge is 0.496 e. The van der Waals surface area contributed by atoms with Crippen LogP contribution in [0.2, 0.25) is 0 Å². The van der Waals surface area contributed by atoms with Crippen LogP contribution in [-0.4, -0.2) is 58.7 Å². The highest BCUT2D eigenvalue weighted by molar-refractivity contribution is 5.67. The molecule has 7 nitrogen and oxygen atoms in total. The molecule has 0 unspecified atom stereocenters. The fraction of sp³-hybridized carbons (Fsp3) is 0.444. The normalized spacial score (nSPS) is 18.2. The molecule has 0 saturated carbocycles. The summed E-state index contributed by atoms with van der Waals surface area (Å²) in [5.74, 6) is 0.0258. The van der Waals surface area contributed by atoms with Gasteiger partial charge in [-0.15, -0.1) is 0 Å². The van der Waals surface area contributed by atoms with E-state index in [1.54, 1.807) is 13.3 Å². The second-order valence-electron chi connectivity index (χ2n) is 6.15. The molecule has 7 heteroatoms. The number of carboxylic acids is 1. The zero-order valence-corrected chi connectivity index (χ0v) is 14.3. The highest BCUT2D eigenvalue weighted by Gasteiger charge is 2.25. The summed E-state index contributed by atoms with van der Waals surface area (Å²) in [6.07, 6.45) is 3.76. The van der Waals surface area contributed by atoms with Gasteiger partial charge in [0.15, 0.2) is 0 Å². The van der Waals surface area contributed by atoms with Crippen LogP contribution in [0.3, 0.4) is 0 Å². The summed E-state index contributed by atoms with van der Waals surface area (Å²) in [6, 6.07) is 7.89. The average Bonchev–Trinajstić information content (AvgIpc) is 3.09. The van der Waals surface area contributed by atoms with Gasteiger partial charge in [0.1, 0.15) is 5.75 Å². The van der Waals surface area contributed by atoms with Crippen molar-refractivity contribution in [1.29, 1.82) is 0 Å². The molecule has 1 N–H and O–H groups in total. The van der Waals surface area contributed by atoms with Crippen LogP contribution in [-0.2, 0) is 22.6 Å². The van der Waals surface area contributed by atoms with E-state index < -0.39 is 5.97 Å². The lowest BCUT2D eigenvalue weighted by Crippen LogP contribution is -2.45. The lowest BCUT2D eigenvalue weighted by molar-refractivity contribution is -0.140. The highest BCUT2D eigenvalue weighted by Crippen LogP contribution is 2.23. The Kier molecular flexibility index (Phi) is 5.67. The maximum atomic E-state index is 11.1. The summed E-state index contributed by atoms with van der Waals surface area (Å²) in [5.41, 5.74) is 2.17. The van der Waals surface area contributed by atoms with Gasteiger partial charge in [0.25, 0.3) is 0 Å². The average molecular weight is 345 g/mol. The summed E-state index contributed by atoms with van der Waals surface area (Å²) in [4.78, 5) is 13.3. The topological polar surface area (TPSA) is 76.8 Å². The van der Waals surface area contributed by atoms with Gasteiger partial charge in [0.2, 0.25) is 0 Å². The molecule has 1 aliphatic heterocycles. The predicted octanol–water partition coefficient (Wildman–Crippen LogP) is 1.62. The van der Waals surface area contributed by atoms with E-state index in [4.69, 9.17) is 14.6 Å². The van der Waals surface area contributed by atoms with E-state index in [0.29, 0.717) is 26.3 Å². The van der Waals surface area contributed by atoms with E-state index in [1.165, 1.54) is 0 Å². The lowest BCUT2D eigenvalue weighted by Gasteiger charge is -2.34. The Bertz CT molecular complexity index is 702. The molecular formula is C18H23N3O4. The summed E-state index contributed by atoms with van der Waals surface area (Å²) >= 11 is 0. The van der Waals surface area contributed by atoms with E-state index in [1.807, 2.05) is 29.1 Å². The number of aromatic nitrogens is 2. The number of ether oxygens (including phenoxy) is 2. The quantitative estimate of drug-likeness (QED) is 0.822. The smallest absolute Gasteiger partial charge is 0.305 e. The molecule has 1 atom stereocenters. The van der Waals surface area contributed by atoms with Gasteiger partial charge < -0.3 is 14.6 Å². The van der Waals surface area contributed by atoms with E-state index in [9.17, 15) is 4.79 Å². The maximum Gasteiger partial charge on any atom is 0.305 e. The second kappa shape index (κ2) is 8.13. The van der Waals surface area contributed by atoms with Crippen molar-refractivity contribution in [1.82, 2.24) is 14.7 Å². The summed E-state index contributed by atoms with van der Waals surface area (Å²) in [7, 11) is 1.66. The van der Waals surface area contributed by atoms with E-state index >= 15 is 0 Å². The maximum absolute atomic E-state index is 11.1. The van der Waals surface area contributed by atoms with Crippen LogP contribution in [0.1, 0.15) is 17.5 Å². The van der Waals surface area contributed by atoms with Crippen LogP contribution in [0.25, 0.3) is 0 Å². The zero-order chi connectivity index (χ0) is 17.6. The van der Waals surface area contributed by atoms with Crippen LogP contribution in [0.15, 0.2) is 36.7 Å². The van der Waals surface area contributed by atoms with Crippen LogP contribution < -0.4 is 4.74 Å². The first-order valence-corrected chi connectivity index (χ1v) is 8.32. The number of nitrogens with zero attached hydrogens (tertiary/aromatic N) is 3. The molecule has 1 saturated heterocycles. The molecule has 2 aromatic rings. The zero-order valence-electron chi connectivity index (χ0n) is 14.3. The van der Waals surface area contributed by atoms with Crippen molar-refractivity contribution in [2.45, 2.75) is 25.6 Å². The van der Waals surface area contributed by atoms with Crippen molar-refractivity contribution in [3.8, 4) is 5.75 Å². The Hall–Kier alpha value is -2.38. The molecule has 134 valence electrons. The third kappa shape index (κ3) is 4.58. The van der Waals surface area contributed by atoms with Gasteiger partial charge in [0.05, 0.1) is 33.3 Å². The summed E-state index contributed by atoms with van der Waals surface area (Å²) in [6.45, 7) is 3.15. The first-order chi connectivity index (χ1) is 12.2. The number of hydrogen-bond acceptors (Lipinski definition) is 5. The van der Waals surface area contributed by atoms with Gasteiger partial charge in [-0.25, -0.2) is 0 Å². The molecular weight excluding hydrogens is 322 g/mol. The number of aliphatic carboxylic acids is 1. The third-order valence-corrected chi connectivity index (χ3v) is 4.38. The Morgan fingerprint density at radius 2 is 2.32 bits per heavy atom. The number of morpholine rings is 1. The molecule has 1 fully saturated rings. The Labute approximate surface area is 146 Å². The van der Waals surface area contributed by atoms with Gasteiger partial charge in [0, 0.05) is 37.1 Å². The van der Waals surface area contributed by atoms with Gasteiger partial charge >= 0.3 is 5.97 Å². The van der Waals surface area contributed by atoms with E-state index in [2.05, 4.69) is 16.1 Å². The third-order valence-electron chi connectivity index (χ3n) is 4.38. The van der Waals surface area contributed by atoms with Gasteiger partial charge in [-0.1, -0.05) is 6.07 Å². The molecule has 1 aromatic heterocycles. The summed E-state index contributed by atoms with van der Waals surface area (Å²) in [5, 5.41) is 13.3. The molecule has 0 aliphatic carbocycles. The molecule has 0 bridgehead atoms. The van der Waals surface area contributed by atoms with Crippen molar-refractivity contribution in [2.24, 2.45) is 0 Å². The van der Waals surface area contributed by atoms with Crippen molar-refractivity contribution in [3.05, 3.63) is 47.8 Å². The van der Waals surface area contributed by atoms with Gasteiger partial charge in [-0.05, 0) is 23.8 Å². The van der Waals surface area contributed by atoms with Crippen molar-refractivity contribution in [3.63, 3.8) is 0 Å². The van der Waals surface area contributed by atoms with Crippen LogP contribution >= 0.6 is 0 Å². The molecule has 1 aliphatic rings. The molecule has 0 radical (unpaired) electrons. The van der Waals surface area contributed by atoms with Crippen LogP contribution in [0, 0.1) is 0 Å². The number of carboxylic acid groups (broad SMARTS) is 1. The molecule has 1 aromatic carbocycles. The van der Waals surface area contributed by atoms with Crippen molar-refractivity contribution < 1.29 is 19.4 Å². The van der Waals surface area contributed by atoms with E-state index in [-0.39, 0.29) is 12.5 Å². The highest BCUT2D eigenvalue weighted by atomic mass is 16.5. The van der Waals surface area contributed by atoms with Crippen LogP contribution in [0.5, 0.6) is 5.75 Å². The number of rotatable bonds is 7. The first-order valence-electron chi connectivity index (χ1n) is 8.32. The molecule has 25 heavy (non-hydrogen) atoms. The fourth-order valence-electron chi connectivity index (χ4n) is 3.14. The van der Waals surface area contributed by atoms with Gasteiger partial charge in [-0.3, -0.25) is 14.4 Å². The van der Waals surface area contributed by atoms with Crippen molar-refractivity contribution in [2.75, 3.05) is 26.9 Å². The number of benzene rings is 1. The predicted molar refractivity (Wildman–Crippen MR) is 91.6 cm³/mol. The lowest BCUT2D eigenvalue weighted by atomic mass is 10.1. The molecule has 0 spiro atoms. The minimum absolute atomic E-state index is 0.0936. The first kappa shape index (κ1) is 17.4. The Balaban J connectivity index is 1.76. The van der Waals surface area contributed by atoms with Crippen molar-refractivity contribution >= 4 is 5.97 Å². The standard InChI is InChI=1S/C18H23N3O4/c1-24-17-4-3-14(9-15(17)12-21-6-2-5-19-21)11-20-7-8-25-13-16(20)10-18(22)23/h2-6,9,16H,7-8,10-13H2,1H3,(H,22,23)/t16-/m1/s1. The number of methoxy groups -OCH3 is 1. The molecule has 0 amide bonds.